The second-order valence-electron chi connectivity index (χ2n) is 13.1. The summed E-state index contributed by atoms with van der Waals surface area (Å²) in [4.78, 5) is 2.23. The molecule has 0 amide bonds. The van der Waals surface area contributed by atoms with E-state index in [4.69, 9.17) is 0 Å². The minimum Gasteiger partial charge on any atom is -0.377 e. The Labute approximate surface area is 259 Å². The van der Waals surface area contributed by atoms with Crippen molar-refractivity contribution >= 4 is 27.2 Å². The van der Waals surface area contributed by atoms with Crippen molar-refractivity contribution in [3.8, 4) is 55.6 Å². The summed E-state index contributed by atoms with van der Waals surface area (Å²) >= 11 is 0. The Morgan fingerprint density at radius 3 is 1.70 bits per heavy atom. The summed E-state index contributed by atoms with van der Waals surface area (Å²) in [7, 11) is 4.28. The molecule has 0 saturated heterocycles. The first-order valence-corrected chi connectivity index (χ1v) is 15.6. The van der Waals surface area contributed by atoms with Gasteiger partial charge in [-0.05, 0) is 101 Å². The zero-order valence-corrected chi connectivity index (χ0v) is 25.6. The fourth-order valence-corrected chi connectivity index (χ4v) is 8.29. The number of rotatable bonds is 3. The summed E-state index contributed by atoms with van der Waals surface area (Å²) in [6.07, 6.45) is 0. The van der Waals surface area contributed by atoms with Gasteiger partial charge in [0.15, 0.2) is 0 Å². The highest BCUT2D eigenvalue weighted by Crippen LogP contribution is 2.60. The average Bonchev–Trinajstić information content (AvgIpc) is 3.49. The molecule has 0 heterocycles. The predicted molar refractivity (Wildman–Crippen MR) is 189 cm³/mol. The van der Waals surface area contributed by atoms with Crippen LogP contribution in [-0.2, 0) is 5.41 Å². The van der Waals surface area contributed by atoms with E-state index in [1.807, 2.05) is 0 Å². The van der Waals surface area contributed by atoms with Crippen LogP contribution in [0.25, 0.3) is 77.2 Å². The summed E-state index contributed by atoms with van der Waals surface area (Å²) < 4.78 is 0. The minimum atomic E-state index is -0.155. The van der Waals surface area contributed by atoms with Crippen LogP contribution in [-0.4, -0.2) is 14.1 Å². The Kier molecular flexibility index (Phi) is 5.15. The molecule has 0 N–H and O–H groups in total. The Bertz CT molecular complexity index is 2310. The highest BCUT2D eigenvalue weighted by atomic mass is 15.1. The van der Waals surface area contributed by atoms with E-state index in [9.17, 15) is 0 Å². The highest BCUT2D eigenvalue weighted by molar-refractivity contribution is 6.23. The molecule has 44 heavy (non-hydrogen) atoms. The molecule has 0 saturated carbocycles. The predicted octanol–water partition coefficient (Wildman–Crippen LogP) is 11.3. The largest absolute Gasteiger partial charge is 0.377 e. The van der Waals surface area contributed by atoms with Gasteiger partial charge in [0.05, 0.1) is 0 Å². The molecule has 0 unspecified atom stereocenters. The molecule has 9 rings (SSSR count). The molecular weight excluding hydrogens is 530 g/mol. The lowest BCUT2D eigenvalue weighted by atomic mass is 9.75. The second-order valence-corrected chi connectivity index (χ2v) is 13.1. The van der Waals surface area contributed by atoms with Crippen molar-refractivity contribution in [1.29, 1.82) is 0 Å². The summed E-state index contributed by atoms with van der Waals surface area (Å²) in [5, 5.41) is 5.32. The maximum Gasteiger partial charge on any atom is 0.0441 e. The lowest BCUT2D eigenvalue weighted by molar-refractivity contribution is 0.663. The van der Waals surface area contributed by atoms with Crippen LogP contribution < -0.4 is 4.90 Å². The smallest absolute Gasteiger partial charge is 0.0441 e. The van der Waals surface area contributed by atoms with Crippen molar-refractivity contribution in [3.63, 3.8) is 0 Å². The monoisotopic (exact) mass is 563 g/mol. The van der Waals surface area contributed by atoms with Gasteiger partial charge in [-0.1, -0.05) is 123 Å². The Morgan fingerprint density at radius 2 is 1.02 bits per heavy atom. The van der Waals surface area contributed by atoms with Gasteiger partial charge in [-0.3, -0.25) is 0 Å². The summed E-state index contributed by atoms with van der Waals surface area (Å²) in [5.74, 6) is 0. The molecule has 1 nitrogen and oxygen atoms in total. The van der Waals surface area contributed by atoms with Crippen LogP contribution in [0.2, 0.25) is 0 Å². The van der Waals surface area contributed by atoms with Crippen molar-refractivity contribution in [3.05, 3.63) is 139 Å². The van der Waals surface area contributed by atoms with Crippen molar-refractivity contribution in [1.82, 2.24) is 0 Å². The Morgan fingerprint density at radius 1 is 0.455 bits per heavy atom. The normalized spacial score (nSPS) is 13.6. The van der Waals surface area contributed by atoms with E-state index < -0.39 is 0 Å². The number of fused-ring (bicyclic) bond motifs is 7. The Hall–Kier alpha value is -5.14. The van der Waals surface area contributed by atoms with Gasteiger partial charge in [-0.25, -0.2) is 0 Å². The molecule has 7 aromatic carbocycles. The lowest BCUT2D eigenvalue weighted by Crippen LogP contribution is -2.16. The molecule has 0 aliphatic heterocycles. The average molecular weight is 564 g/mol. The van der Waals surface area contributed by atoms with Gasteiger partial charge < -0.3 is 4.90 Å². The molecule has 1 heteroatoms. The maximum absolute atomic E-state index is 2.52. The van der Waals surface area contributed by atoms with Crippen molar-refractivity contribution in [2.45, 2.75) is 19.3 Å². The van der Waals surface area contributed by atoms with Gasteiger partial charge in [0.25, 0.3) is 0 Å². The molecular formula is C43H33N. The standard InChI is InChI=1S/C43H33N/c1-43(2)36-21-12-11-18-30(36)41-38(26-14-7-5-8-15-26)34-24-33-29-22-23-37(44(3)4)31-20-13-19-28(40(29)31)32(33)25-35(34)39(42(41)43)27-16-9-6-10-17-27/h5-25H,1-4H3. The molecule has 0 aromatic heterocycles. The Balaban J connectivity index is 1.51. The quantitative estimate of drug-likeness (QED) is 0.207. The molecule has 0 spiro atoms. The second kappa shape index (κ2) is 8.94. The number of hydrogen-bond donors (Lipinski definition) is 0. The van der Waals surface area contributed by atoms with E-state index in [1.165, 1.54) is 94.0 Å². The van der Waals surface area contributed by atoms with Crippen LogP contribution in [0.5, 0.6) is 0 Å². The first-order chi connectivity index (χ1) is 21.4. The summed E-state index contributed by atoms with van der Waals surface area (Å²) in [6, 6.07) is 47.7. The van der Waals surface area contributed by atoms with E-state index in [-0.39, 0.29) is 5.41 Å². The summed E-state index contributed by atoms with van der Waals surface area (Å²) in [5.41, 5.74) is 17.2. The summed E-state index contributed by atoms with van der Waals surface area (Å²) in [6.45, 7) is 4.83. The van der Waals surface area contributed by atoms with Crippen molar-refractivity contribution in [2.75, 3.05) is 19.0 Å². The van der Waals surface area contributed by atoms with Crippen LogP contribution in [0.15, 0.2) is 127 Å². The zero-order valence-electron chi connectivity index (χ0n) is 25.6. The maximum atomic E-state index is 2.52. The van der Waals surface area contributed by atoms with Crippen LogP contribution in [0.3, 0.4) is 0 Å². The first-order valence-electron chi connectivity index (χ1n) is 15.6. The fraction of sp³-hybridized carbons (Fsp3) is 0.116. The third kappa shape index (κ3) is 3.24. The van der Waals surface area contributed by atoms with Gasteiger partial charge in [-0.2, -0.15) is 0 Å². The fourth-order valence-electron chi connectivity index (χ4n) is 8.29. The van der Waals surface area contributed by atoms with E-state index in [1.54, 1.807) is 0 Å². The molecule has 0 bridgehead atoms. The van der Waals surface area contributed by atoms with Gasteiger partial charge >= 0.3 is 0 Å². The van der Waals surface area contributed by atoms with Crippen molar-refractivity contribution in [2.24, 2.45) is 0 Å². The van der Waals surface area contributed by atoms with Crippen LogP contribution in [0.1, 0.15) is 25.0 Å². The molecule has 0 radical (unpaired) electrons. The molecule has 0 fully saturated rings. The van der Waals surface area contributed by atoms with E-state index in [0.717, 1.165) is 0 Å². The van der Waals surface area contributed by atoms with Gasteiger partial charge in [-0.15, -0.1) is 0 Å². The molecule has 210 valence electrons. The van der Waals surface area contributed by atoms with Gasteiger partial charge in [0.2, 0.25) is 0 Å². The van der Waals surface area contributed by atoms with Crippen LogP contribution in [0, 0.1) is 0 Å². The third-order valence-corrected chi connectivity index (χ3v) is 10.1. The molecule has 0 atom stereocenters. The van der Waals surface area contributed by atoms with E-state index >= 15 is 0 Å². The topological polar surface area (TPSA) is 3.24 Å². The SMILES string of the molecule is CN(C)c1ccc2c3c(cccc13)-c1cc3c(-c4ccccc4)c4c(c(-c5ccccc5)c3cc1-2)-c1ccccc1C4(C)C. The molecule has 2 aliphatic carbocycles. The van der Waals surface area contributed by atoms with E-state index in [2.05, 4.69) is 160 Å². The van der Waals surface area contributed by atoms with Crippen LogP contribution in [0.4, 0.5) is 5.69 Å². The zero-order chi connectivity index (χ0) is 29.7. The minimum absolute atomic E-state index is 0.155. The highest BCUT2D eigenvalue weighted by Gasteiger charge is 2.41. The molecule has 2 aliphatic rings. The first kappa shape index (κ1) is 25.4. The van der Waals surface area contributed by atoms with Gasteiger partial charge in [0, 0.05) is 30.6 Å². The van der Waals surface area contributed by atoms with E-state index in [0.29, 0.717) is 0 Å². The van der Waals surface area contributed by atoms with Crippen molar-refractivity contribution < 1.29 is 0 Å². The third-order valence-electron chi connectivity index (χ3n) is 10.1. The number of anilines is 1. The number of hydrogen-bond acceptors (Lipinski definition) is 1. The number of nitrogens with zero attached hydrogens (tertiary/aromatic N) is 1. The number of benzene rings is 7. The molecule has 7 aromatic rings. The van der Waals surface area contributed by atoms with Crippen LogP contribution >= 0.6 is 0 Å². The van der Waals surface area contributed by atoms with Gasteiger partial charge in [0.1, 0.15) is 0 Å². The lowest BCUT2D eigenvalue weighted by Gasteiger charge is -2.28.